The maximum Gasteiger partial charge on any atom is 0.308 e. The third-order valence-corrected chi connectivity index (χ3v) is 1.73. The maximum atomic E-state index is 11.4. The highest BCUT2D eigenvalue weighted by Crippen LogP contribution is 2.16. The zero-order valence-electron chi connectivity index (χ0n) is 9.25. The summed E-state index contributed by atoms with van der Waals surface area (Å²) < 4.78 is 4.67. The first-order valence-corrected chi connectivity index (χ1v) is 4.59. The van der Waals surface area contributed by atoms with E-state index in [9.17, 15) is 9.59 Å². The van der Waals surface area contributed by atoms with Crippen LogP contribution in [0, 0.1) is 0 Å². The second-order valence-corrected chi connectivity index (χ2v) is 4.27. The summed E-state index contributed by atoms with van der Waals surface area (Å²) in [6.07, 6.45) is 1.26. The van der Waals surface area contributed by atoms with Crippen LogP contribution in [0.1, 0.15) is 33.5 Å². The topological polar surface area (TPSA) is 72.0 Å². The van der Waals surface area contributed by atoms with Crippen molar-refractivity contribution < 1.29 is 9.53 Å². The van der Waals surface area contributed by atoms with Gasteiger partial charge in [0.25, 0.3) is 5.56 Å². The van der Waals surface area contributed by atoms with Crippen molar-refractivity contribution in [3.63, 3.8) is 0 Å². The van der Waals surface area contributed by atoms with Crippen molar-refractivity contribution in [1.82, 2.24) is 9.97 Å². The summed E-state index contributed by atoms with van der Waals surface area (Å²) in [6, 6.07) is 0. The van der Waals surface area contributed by atoms with Crippen LogP contribution in [-0.4, -0.2) is 15.9 Å². The Balaban J connectivity index is 3.09. The van der Waals surface area contributed by atoms with Crippen molar-refractivity contribution in [3.05, 3.63) is 22.4 Å². The van der Waals surface area contributed by atoms with Crippen LogP contribution in [0.15, 0.2) is 11.0 Å². The van der Waals surface area contributed by atoms with Crippen molar-refractivity contribution in [1.29, 1.82) is 0 Å². The van der Waals surface area contributed by atoms with Crippen molar-refractivity contribution in [2.45, 2.75) is 33.1 Å². The van der Waals surface area contributed by atoms with E-state index in [1.165, 1.54) is 13.1 Å². The van der Waals surface area contributed by atoms with E-state index in [4.69, 9.17) is 0 Å². The molecule has 0 bridgehead atoms. The van der Waals surface area contributed by atoms with Crippen LogP contribution in [-0.2, 0) is 10.2 Å². The fourth-order valence-electron chi connectivity index (χ4n) is 0.992. The Morgan fingerprint density at radius 1 is 1.47 bits per heavy atom. The third-order valence-electron chi connectivity index (χ3n) is 1.73. The van der Waals surface area contributed by atoms with Gasteiger partial charge in [0.05, 0.1) is 6.20 Å². The molecule has 5 nitrogen and oxygen atoms in total. The summed E-state index contributed by atoms with van der Waals surface area (Å²) in [5.74, 6) is -0.0512. The molecule has 0 spiro atoms. The van der Waals surface area contributed by atoms with Crippen LogP contribution in [0.3, 0.4) is 0 Å². The summed E-state index contributed by atoms with van der Waals surface area (Å²) in [5, 5.41) is 0. The minimum atomic E-state index is -0.536. The van der Waals surface area contributed by atoms with Crippen LogP contribution < -0.4 is 10.3 Å². The van der Waals surface area contributed by atoms with Gasteiger partial charge < -0.3 is 9.72 Å². The first-order chi connectivity index (χ1) is 6.80. The molecule has 1 N–H and O–H groups in total. The molecule has 0 aliphatic heterocycles. The van der Waals surface area contributed by atoms with Crippen LogP contribution in [0.5, 0.6) is 5.75 Å². The first-order valence-electron chi connectivity index (χ1n) is 4.59. The Labute approximate surface area is 87.5 Å². The summed E-state index contributed by atoms with van der Waals surface area (Å²) in [6.45, 7) is 7.02. The Morgan fingerprint density at radius 2 is 2.07 bits per heavy atom. The molecule has 0 atom stereocenters. The molecule has 1 rings (SSSR count). The molecule has 0 aromatic carbocycles. The largest absolute Gasteiger partial charge is 0.419 e. The Kier molecular flexibility index (Phi) is 2.93. The van der Waals surface area contributed by atoms with Crippen molar-refractivity contribution >= 4 is 5.97 Å². The average Bonchev–Trinajstić information content (AvgIpc) is 2.05. The molecule has 82 valence electrons. The smallest absolute Gasteiger partial charge is 0.308 e. The molecule has 0 radical (unpaired) electrons. The molecule has 0 aliphatic carbocycles. The normalized spacial score (nSPS) is 11.2. The monoisotopic (exact) mass is 210 g/mol. The van der Waals surface area contributed by atoms with Gasteiger partial charge in [0.1, 0.15) is 5.82 Å². The number of aromatic amines is 1. The molecule has 15 heavy (non-hydrogen) atoms. The molecular formula is C10H14N2O3. The van der Waals surface area contributed by atoms with E-state index in [2.05, 4.69) is 14.7 Å². The van der Waals surface area contributed by atoms with Gasteiger partial charge in [-0.2, -0.15) is 0 Å². The van der Waals surface area contributed by atoms with Crippen molar-refractivity contribution in [2.75, 3.05) is 0 Å². The Morgan fingerprint density at radius 3 is 2.47 bits per heavy atom. The fraction of sp³-hybridized carbons (Fsp3) is 0.500. The number of carbonyl (C=O) groups is 1. The van der Waals surface area contributed by atoms with Crippen molar-refractivity contribution in [3.8, 4) is 5.75 Å². The van der Waals surface area contributed by atoms with Gasteiger partial charge in [-0.15, -0.1) is 0 Å². The van der Waals surface area contributed by atoms with Gasteiger partial charge in [-0.05, 0) is 0 Å². The minimum Gasteiger partial charge on any atom is -0.419 e. The summed E-state index contributed by atoms with van der Waals surface area (Å²) in [4.78, 5) is 28.7. The number of carbonyl (C=O) groups excluding carboxylic acids is 1. The standard InChI is InChI=1S/C10H14N2O3/c1-6(13)15-7-5-11-9(10(2,3)4)12-8(7)14/h5H,1-4H3,(H,11,12,14). The molecule has 0 amide bonds. The number of esters is 1. The second-order valence-electron chi connectivity index (χ2n) is 4.27. The highest BCUT2D eigenvalue weighted by atomic mass is 16.5. The lowest BCUT2D eigenvalue weighted by molar-refractivity contribution is -0.132. The number of H-pyrrole nitrogens is 1. The Bertz CT molecular complexity index is 429. The SMILES string of the molecule is CC(=O)Oc1cnc(C(C)(C)C)[nH]c1=O. The maximum absolute atomic E-state index is 11.4. The number of nitrogens with one attached hydrogen (secondary N) is 1. The number of hydrogen-bond donors (Lipinski definition) is 1. The Hall–Kier alpha value is -1.65. The summed E-state index contributed by atoms with van der Waals surface area (Å²) >= 11 is 0. The van der Waals surface area contributed by atoms with E-state index in [0.29, 0.717) is 5.82 Å². The number of nitrogens with zero attached hydrogens (tertiary/aromatic N) is 1. The molecule has 5 heteroatoms. The molecule has 0 fully saturated rings. The first kappa shape index (κ1) is 11.4. The second kappa shape index (κ2) is 3.84. The molecule has 1 aromatic heterocycles. The fourth-order valence-corrected chi connectivity index (χ4v) is 0.992. The highest BCUT2D eigenvalue weighted by Gasteiger charge is 2.17. The van der Waals surface area contributed by atoms with E-state index in [-0.39, 0.29) is 11.2 Å². The van der Waals surface area contributed by atoms with Gasteiger partial charge in [0.2, 0.25) is 5.75 Å². The molecule has 1 aromatic rings. The van der Waals surface area contributed by atoms with Gasteiger partial charge in [0, 0.05) is 12.3 Å². The van der Waals surface area contributed by atoms with Gasteiger partial charge in [-0.25, -0.2) is 4.98 Å². The molecule has 0 unspecified atom stereocenters. The zero-order valence-corrected chi connectivity index (χ0v) is 9.25. The van der Waals surface area contributed by atoms with E-state index in [1.807, 2.05) is 20.8 Å². The number of ether oxygens (including phenoxy) is 1. The van der Waals surface area contributed by atoms with Crippen LogP contribution >= 0.6 is 0 Å². The van der Waals surface area contributed by atoms with E-state index in [1.54, 1.807) is 0 Å². The quantitative estimate of drug-likeness (QED) is 0.702. The summed E-state index contributed by atoms with van der Waals surface area (Å²) in [5.41, 5.74) is -0.682. The van der Waals surface area contributed by atoms with Crippen LogP contribution in [0.4, 0.5) is 0 Å². The number of hydrogen-bond acceptors (Lipinski definition) is 4. The molecule has 1 heterocycles. The van der Waals surface area contributed by atoms with E-state index < -0.39 is 11.5 Å². The molecule has 0 saturated carbocycles. The number of aromatic nitrogens is 2. The van der Waals surface area contributed by atoms with Crippen molar-refractivity contribution in [2.24, 2.45) is 0 Å². The average molecular weight is 210 g/mol. The predicted octanol–water partition coefficient (Wildman–Crippen LogP) is 0.993. The lowest BCUT2D eigenvalue weighted by Crippen LogP contribution is -2.23. The predicted molar refractivity (Wildman–Crippen MR) is 54.9 cm³/mol. The van der Waals surface area contributed by atoms with Gasteiger partial charge in [-0.3, -0.25) is 9.59 Å². The van der Waals surface area contributed by atoms with E-state index >= 15 is 0 Å². The molecule has 0 saturated heterocycles. The summed E-state index contributed by atoms with van der Waals surface area (Å²) in [7, 11) is 0. The van der Waals surface area contributed by atoms with Crippen LogP contribution in [0.25, 0.3) is 0 Å². The van der Waals surface area contributed by atoms with Gasteiger partial charge >= 0.3 is 5.97 Å². The van der Waals surface area contributed by atoms with Gasteiger partial charge in [0.15, 0.2) is 0 Å². The van der Waals surface area contributed by atoms with Crippen LogP contribution in [0.2, 0.25) is 0 Å². The lowest BCUT2D eigenvalue weighted by atomic mass is 9.96. The molecular weight excluding hydrogens is 196 g/mol. The molecule has 0 aliphatic rings. The van der Waals surface area contributed by atoms with Gasteiger partial charge in [-0.1, -0.05) is 20.8 Å². The zero-order chi connectivity index (χ0) is 11.6. The minimum absolute atomic E-state index is 0.0736. The third kappa shape index (κ3) is 2.90. The highest BCUT2D eigenvalue weighted by molar-refractivity contribution is 5.68. The lowest BCUT2D eigenvalue weighted by Gasteiger charge is -2.16. The van der Waals surface area contributed by atoms with E-state index in [0.717, 1.165) is 0 Å². The number of rotatable bonds is 1.